The van der Waals surface area contributed by atoms with Gasteiger partial charge in [-0.05, 0) is 40.0 Å². The van der Waals surface area contributed by atoms with Crippen molar-refractivity contribution in [3.8, 4) is 0 Å². The van der Waals surface area contributed by atoms with Gasteiger partial charge in [0.2, 0.25) is 0 Å². The predicted octanol–water partition coefficient (Wildman–Crippen LogP) is 0.634. The fourth-order valence-corrected chi connectivity index (χ4v) is 3.92. The molecule has 0 bridgehead atoms. The van der Waals surface area contributed by atoms with Gasteiger partial charge in [-0.1, -0.05) is 0 Å². The fourth-order valence-electron chi connectivity index (χ4n) is 3.92. The van der Waals surface area contributed by atoms with E-state index in [4.69, 9.17) is 4.74 Å². The van der Waals surface area contributed by atoms with Gasteiger partial charge in [0, 0.05) is 24.9 Å². The summed E-state index contributed by atoms with van der Waals surface area (Å²) in [5.41, 5.74) is 0. The lowest BCUT2D eigenvalue weighted by Crippen LogP contribution is -3.14. The number of carbonyl (C=O) groups is 2. The maximum Gasteiger partial charge on any atom is 0.309 e. The molecule has 2 fully saturated rings. The Kier molecular flexibility index (Phi) is 6.24. The summed E-state index contributed by atoms with van der Waals surface area (Å²) in [6.45, 7) is 8.99. The van der Waals surface area contributed by atoms with Crippen LogP contribution < -0.4 is 4.90 Å². The molecule has 0 unspecified atom stereocenters. The third-order valence-electron chi connectivity index (χ3n) is 5.20. The van der Waals surface area contributed by atoms with E-state index in [0.717, 1.165) is 38.8 Å². The summed E-state index contributed by atoms with van der Waals surface area (Å²) in [5, 5.41) is 0. The van der Waals surface area contributed by atoms with E-state index in [9.17, 15) is 9.59 Å². The Labute approximate surface area is 134 Å². The van der Waals surface area contributed by atoms with E-state index in [1.54, 1.807) is 0 Å². The van der Waals surface area contributed by atoms with Gasteiger partial charge in [0.15, 0.2) is 6.54 Å². The largest absolute Gasteiger partial charge is 0.466 e. The molecule has 5 nitrogen and oxygen atoms in total. The average molecular weight is 311 g/mol. The molecule has 0 aromatic rings. The lowest BCUT2D eigenvalue weighted by molar-refractivity contribution is -0.898. The Balaban J connectivity index is 1.80. The first-order valence-electron chi connectivity index (χ1n) is 8.84. The number of nitrogens with zero attached hydrogens (tertiary/aromatic N) is 1. The average Bonchev–Trinajstić information content (AvgIpc) is 2.48. The van der Waals surface area contributed by atoms with Crippen LogP contribution in [-0.2, 0) is 14.3 Å². The topological polar surface area (TPSA) is 51.1 Å². The van der Waals surface area contributed by atoms with E-state index in [2.05, 4.69) is 18.7 Å². The van der Waals surface area contributed by atoms with Crippen molar-refractivity contribution in [1.29, 1.82) is 0 Å². The van der Waals surface area contributed by atoms with Crippen LogP contribution in [0.5, 0.6) is 0 Å². The molecule has 2 heterocycles. The van der Waals surface area contributed by atoms with Crippen LogP contribution in [-0.4, -0.2) is 55.1 Å². The van der Waals surface area contributed by atoms with Crippen LogP contribution in [0.3, 0.4) is 0 Å². The molecule has 2 aliphatic heterocycles. The zero-order valence-electron chi connectivity index (χ0n) is 14.3. The van der Waals surface area contributed by atoms with Crippen molar-refractivity contribution in [3.63, 3.8) is 0 Å². The van der Waals surface area contributed by atoms with Crippen LogP contribution in [0.15, 0.2) is 0 Å². The van der Waals surface area contributed by atoms with Gasteiger partial charge >= 0.3 is 5.97 Å². The minimum absolute atomic E-state index is 0.0339. The zero-order chi connectivity index (χ0) is 16.1. The van der Waals surface area contributed by atoms with E-state index in [1.165, 1.54) is 11.3 Å². The summed E-state index contributed by atoms with van der Waals surface area (Å²) in [5.74, 6) is 0.252. The molecule has 2 atom stereocenters. The highest BCUT2D eigenvalue weighted by molar-refractivity contribution is 5.78. The zero-order valence-corrected chi connectivity index (χ0v) is 14.3. The number of hydrogen-bond acceptors (Lipinski definition) is 3. The third-order valence-corrected chi connectivity index (χ3v) is 5.20. The smallest absolute Gasteiger partial charge is 0.309 e. The van der Waals surface area contributed by atoms with Crippen molar-refractivity contribution in [2.75, 3.05) is 26.2 Å². The number of esters is 1. The molecule has 0 radical (unpaired) electrons. The number of quaternary nitrogens is 1. The van der Waals surface area contributed by atoms with Crippen LogP contribution in [0.4, 0.5) is 0 Å². The Morgan fingerprint density at radius 3 is 2.23 bits per heavy atom. The molecule has 0 aromatic heterocycles. The highest BCUT2D eigenvalue weighted by Gasteiger charge is 2.33. The second-order valence-electron chi connectivity index (χ2n) is 6.88. The number of rotatable bonds is 4. The van der Waals surface area contributed by atoms with Crippen molar-refractivity contribution in [2.24, 2.45) is 5.92 Å². The first-order chi connectivity index (χ1) is 10.5. The van der Waals surface area contributed by atoms with E-state index in [1.807, 2.05) is 6.92 Å². The Morgan fingerprint density at radius 1 is 1.09 bits per heavy atom. The van der Waals surface area contributed by atoms with Crippen LogP contribution in [0.25, 0.3) is 0 Å². The standard InChI is InChI=1S/C17H30N2O3/c1-4-22-17(21)15-8-10-18(11-9-15)12-16(20)19-13(2)6-5-7-14(19)3/h13-15H,4-12H2,1-3H3/p+1/t13-,14-/m1/s1. The van der Waals surface area contributed by atoms with Gasteiger partial charge in [0.1, 0.15) is 0 Å². The highest BCUT2D eigenvalue weighted by atomic mass is 16.5. The molecule has 126 valence electrons. The second kappa shape index (κ2) is 7.95. The molecule has 1 N–H and O–H groups in total. The number of likely N-dealkylation sites (tertiary alicyclic amines) is 2. The Bertz CT molecular complexity index is 381. The molecule has 0 saturated carbocycles. The number of ether oxygens (including phenoxy) is 1. The summed E-state index contributed by atoms with van der Waals surface area (Å²) in [6, 6.07) is 0.737. The minimum atomic E-state index is -0.0637. The van der Waals surface area contributed by atoms with E-state index in [0.29, 0.717) is 25.2 Å². The lowest BCUT2D eigenvalue weighted by atomic mass is 9.96. The van der Waals surface area contributed by atoms with Gasteiger partial charge < -0.3 is 14.5 Å². The van der Waals surface area contributed by atoms with Gasteiger partial charge in [-0.3, -0.25) is 9.59 Å². The van der Waals surface area contributed by atoms with Crippen LogP contribution in [0.2, 0.25) is 0 Å². The first-order valence-corrected chi connectivity index (χ1v) is 8.84. The molecule has 1 amide bonds. The molecule has 22 heavy (non-hydrogen) atoms. The number of amides is 1. The number of carbonyl (C=O) groups excluding carboxylic acids is 2. The molecule has 0 aliphatic carbocycles. The summed E-state index contributed by atoms with van der Waals surface area (Å²) >= 11 is 0. The van der Waals surface area contributed by atoms with E-state index in [-0.39, 0.29) is 17.8 Å². The van der Waals surface area contributed by atoms with Gasteiger partial charge in [0.05, 0.1) is 25.6 Å². The van der Waals surface area contributed by atoms with Crippen LogP contribution in [0, 0.1) is 5.92 Å². The van der Waals surface area contributed by atoms with Crippen molar-refractivity contribution in [2.45, 2.75) is 65.0 Å². The maximum absolute atomic E-state index is 12.6. The quantitative estimate of drug-likeness (QED) is 0.775. The molecule has 2 rings (SSSR count). The summed E-state index contributed by atoms with van der Waals surface area (Å²) in [7, 11) is 0. The van der Waals surface area contributed by atoms with Gasteiger partial charge in [-0.2, -0.15) is 0 Å². The molecule has 2 aliphatic rings. The molecule has 0 spiro atoms. The predicted molar refractivity (Wildman–Crippen MR) is 84.5 cm³/mol. The molecule has 2 saturated heterocycles. The van der Waals surface area contributed by atoms with Gasteiger partial charge in [-0.25, -0.2) is 0 Å². The fraction of sp³-hybridized carbons (Fsp3) is 0.882. The van der Waals surface area contributed by atoms with Crippen molar-refractivity contribution in [1.82, 2.24) is 4.90 Å². The number of hydrogen-bond donors (Lipinski definition) is 1. The van der Waals surface area contributed by atoms with Gasteiger partial charge in [0.25, 0.3) is 5.91 Å². The molecule has 0 aromatic carbocycles. The molecular formula is C17H31N2O3+. The monoisotopic (exact) mass is 311 g/mol. The lowest BCUT2D eigenvalue weighted by Gasteiger charge is -2.39. The van der Waals surface area contributed by atoms with Crippen molar-refractivity contribution >= 4 is 11.9 Å². The third kappa shape index (κ3) is 4.22. The maximum atomic E-state index is 12.6. The highest BCUT2D eigenvalue weighted by Crippen LogP contribution is 2.22. The van der Waals surface area contributed by atoms with E-state index < -0.39 is 0 Å². The normalized spacial score (nSPS) is 32.6. The first kappa shape index (κ1) is 17.3. The molecular weight excluding hydrogens is 280 g/mol. The number of nitrogens with one attached hydrogen (secondary N) is 1. The summed E-state index contributed by atoms with van der Waals surface area (Å²) in [6.07, 6.45) is 5.15. The second-order valence-corrected chi connectivity index (χ2v) is 6.88. The van der Waals surface area contributed by atoms with Gasteiger partial charge in [-0.15, -0.1) is 0 Å². The van der Waals surface area contributed by atoms with Crippen molar-refractivity contribution < 1.29 is 19.2 Å². The van der Waals surface area contributed by atoms with Crippen LogP contribution >= 0.6 is 0 Å². The van der Waals surface area contributed by atoms with Crippen molar-refractivity contribution in [3.05, 3.63) is 0 Å². The number of piperidine rings is 2. The Morgan fingerprint density at radius 2 is 1.68 bits per heavy atom. The summed E-state index contributed by atoms with van der Waals surface area (Å²) in [4.78, 5) is 27.8. The minimum Gasteiger partial charge on any atom is -0.466 e. The molecule has 5 heteroatoms. The SMILES string of the molecule is CCOC(=O)C1CC[NH+](CC(=O)N2[C@H](C)CCC[C@H]2C)CC1. The van der Waals surface area contributed by atoms with Crippen LogP contribution in [0.1, 0.15) is 52.9 Å². The summed E-state index contributed by atoms with van der Waals surface area (Å²) < 4.78 is 5.10. The van der Waals surface area contributed by atoms with E-state index >= 15 is 0 Å². The Hall–Kier alpha value is -1.10.